The minimum atomic E-state index is -2.85. The molecule has 0 heterocycles. The molecule has 0 unspecified atom stereocenters. The molecule has 0 nitrogen and oxygen atoms in total. The van der Waals surface area contributed by atoms with Crippen LogP contribution in [0.1, 0.15) is 111 Å². The van der Waals surface area contributed by atoms with E-state index in [1.165, 1.54) is 78.3 Å². The van der Waals surface area contributed by atoms with Crippen molar-refractivity contribution in [2.24, 2.45) is 0 Å². The second kappa shape index (κ2) is 17.2. The summed E-state index contributed by atoms with van der Waals surface area (Å²) < 4.78 is 0. The maximum absolute atomic E-state index is 6.16. The largest absolute Gasteiger partial charge is 0.372 e. The SMILES string of the molecule is CCCCCCCCc1ccc(/C=C/c2cc(CCC)c(/C=C/c3ccc([Si](Cl)(Cl)Cl)cc3)cc2CCC)cc1. The number of benzene rings is 3. The molecule has 4 heteroatoms. The lowest BCUT2D eigenvalue weighted by molar-refractivity contribution is 0.607. The van der Waals surface area contributed by atoms with Gasteiger partial charge in [0, 0.05) is 0 Å². The number of unbranched alkanes of at least 4 members (excludes halogenated alkanes) is 5. The van der Waals surface area contributed by atoms with Gasteiger partial charge in [-0.3, -0.25) is 0 Å². The molecule has 214 valence electrons. The van der Waals surface area contributed by atoms with E-state index in [0.29, 0.717) is 0 Å². The van der Waals surface area contributed by atoms with Crippen LogP contribution in [0.2, 0.25) is 0 Å². The number of rotatable bonds is 16. The molecule has 0 aliphatic heterocycles. The first-order valence-corrected chi connectivity index (χ1v) is 20.2. The van der Waals surface area contributed by atoms with Gasteiger partial charge < -0.3 is 0 Å². The number of hydrogen-bond acceptors (Lipinski definition) is 0. The first-order valence-electron chi connectivity index (χ1n) is 15.1. The van der Waals surface area contributed by atoms with Crippen molar-refractivity contribution in [1.29, 1.82) is 0 Å². The van der Waals surface area contributed by atoms with Gasteiger partial charge in [-0.25, -0.2) is 0 Å². The van der Waals surface area contributed by atoms with Crippen molar-refractivity contribution in [3.63, 3.8) is 0 Å². The maximum atomic E-state index is 6.16. The van der Waals surface area contributed by atoms with Gasteiger partial charge in [-0.1, -0.05) is 151 Å². The normalized spacial score (nSPS) is 12.2. The van der Waals surface area contributed by atoms with Crippen LogP contribution >= 0.6 is 33.2 Å². The zero-order valence-corrected chi connectivity index (χ0v) is 27.8. The minimum Gasteiger partial charge on any atom is -0.121 e. The average Bonchev–Trinajstić information content (AvgIpc) is 2.94. The Morgan fingerprint density at radius 2 is 1.00 bits per heavy atom. The van der Waals surface area contributed by atoms with E-state index in [4.69, 9.17) is 33.2 Å². The van der Waals surface area contributed by atoms with E-state index in [2.05, 4.69) is 81.5 Å². The molecule has 0 spiro atoms. The van der Waals surface area contributed by atoms with E-state index in [-0.39, 0.29) is 0 Å². The molecule has 0 atom stereocenters. The van der Waals surface area contributed by atoms with Gasteiger partial charge in [-0.2, -0.15) is 0 Å². The summed E-state index contributed by atoms with van der Waals surface area (Å²) in [5.41, 5.74) is 9.22. The lowest BCUT2D eigenvalue weighted by Gasteiger charge is -2.13. The highest BCUT2D eigenvalue weighted by atomic mass is 35.8. The molecule has 0 aliphatic rings. The Labute approximate surface area is 258 Å². The highest BCUT2D eigenvalue weighted by molar-refractivity contribution is 7.69. The van der Waals surface area contributed by atoms with E-state index < -0.39 is 6.00 Å². The van der Waals surface area contributed by atoms with Crippen molar-refractivity contribution in [3.8, 4) is 0 Å². The summed E-state index contributed by atoms with van der Waals surface area (Å²) in [4.78, 5) is 0. The van der Waals surface area contributed by atoms with Crippen LogP contribution in [-0.2, 0) is 19.3 Å². The smallest absolute Gasteiger partial charge is 0.121 e. The van der Waals surface area contributed by atoms with Crippen molar-refractivity contribution in [2.75, 3.05) is 0 Å². The Bertz CT molecular complexity index is 1220. The number of hydrogen-bond donors (Lipinski definition) is 0. The standard InChI is InChI=1S/C36H45Cl3Si/c1-4-7-8-9-10-11-14-29-15-17-30(18-16-29)19-23-34-27-33(13-6-3)35(28-32(34)12-5-2)24-20-31-21-25-36(26-22-31)40(37,38)39/h15-28H,4-14H2,1-3H3/b23-19+,24-20+. The lowest BCUT2D eigenvalue weighted by Crippen LogP contribution is -2.29. The molecule has 0 saturated heterocycles. The van der Waals surface area contributed by atoms with E-state index in [1.807, 2.05) is 24.3 Å². The molecule has 0 radical (unpaired) electrons. The third kappa shape index (κ3) is 10.9. The summed E-state index contributed by atoms with van der Waals surface area (Å²) >= 11 is 18.5. The molecule has 3 aromatic rings. The van der Waals surface area contributed by atoms with Crippen molar-refractivity contribution < 1.29 is 0 Å². The number of aryl methyl sites for hydroxylation is 3. The van der Waals surface area contributed by atoms with Crippen molar-refractivity contribution in [1.82, 2.24) is 0 Å². The van der Waals surface area contributed by atoms with E-state index in [9.17, 15) is 0 Å². The third-order valence-corrected chi connectivity index (χ3v) is 10.3. The topological polar surface area (TPSA) is 0 Å². The monoisotopic (exact) mass is 610 g/mol. The summed E-state index contributed by atoms with van der Waals surface area (Å²) in [7, 11) is 0. The van der Waals surface area contributed by atoms with E-state index in [0.717, 1.165) is 36.4 Å². The van der Waals surface area contributed by atoms with Crippen LogP contribution in [0, 0.1) is 0 Å². The van der Waals surface area contributed by atoms with Crippen LogP contribution < -0.4 is 5.19 Å². The quantitative estimate of drug-likeness (QED) is 0.0654. The van der Waals surface area contributed by atoms with Gasteiger partial charge in [0.1, 0.15) is 0 Å². The predicted octanol–water partition coefficient (Wildman–Crippen LogP) is 11.7. The summed E-state index contributed by atoms with van der Waals surface area (Å²) in [6.45, 7) is 6.77. The molecular weight excluding hydrogens is 567 g/mol. The predicted molar refractivity (Wildman–Crippen MR) is 185 cm³/mol. The van der Waals surface area contributed by atoms with Crippen molar-refractivity contribution >= 4 is 68.7 Å². The van der Waals surface area contributed by atoms with Gasteiger partial charge >= 0.3 is 6.00 Å². The molecule has 0 aliphatic carbocycles. The molecule has 0 N–H and O–H groups in total. The van der Waals surface area contributed by atoms with Crippen molar-refractivity contribution in [2.45, 2.75) is 91.4 Å². The highest BCUT2D eigenvalue weighted by Crippen LogP contribution is 2.25. The fraction of sp³-hybridized carbons (Fsp3) is 0.389. The van der Waals surface area contributed by atoms with Gasteiger partial charge in [0.2, 0.25) is 0 Å². The Balaban J connectivity index is 1.74. The second-order valence-electron chi connectivity index (χ2n) is 10.8. The molecule has 0 fully saturated rings. The van der Waals surface area contributed by atoms with Crippen LogP contribution in [0.15, 0.2) is 60.7 Å². The van der Waals surface area contributed by atoms with E-state index >= 15 is 0 Å². The molecule has 0 aromatic heterocycles. The first-order chi connectivity index (χ1) is 19.3. The Hall–Kier alpha value is -1.77. The van der Waals surface area contributed by atoms with Crippen LogP contribution in [-0.4, -0.2) is 6.00 Å². The zero-order valence-electron chi connectivity index (χ0n) is 24.5. The van der Waals surface area contributed by atoms with Gasteiger partial charge in [0.05, 0.1) is 0 Å². The van der Waals surface area contributed by atoms with Crippen LogP contribution in [0.25, 0.3) is 24.3 Å². The maximum Gasteiger partial charge on any atom is 0.372 e. The summed E-state index contributed by atoms with van der Waals surface area (Å²) in [5.74, 6) is 0. The van der Waals surface area contributed by atoms with Crippen LogP contribution in [0.3, 0.4) is 0 Å². The van der Waals surface area contributed by atoms with Crippen LogP contribution in [0.5, 0.6) is 0 Å². The Morgan fingerprint density at radius 1 is 0.525 bits per heavy atom. The van der Waals surface area contributed by atoms with Crippen LogP contribution in [0.4, 0.5) is 0 Å². The average molecular weight is 612 g/mol. The molecule has 0 amide bonds. The van der Waals surface area contributed by atoms with Gasteiger partial charge in [0.15, 0.2) is 0 Å². The van der Waals surface area contributed by atoms with Crippen molar-refractivity contribution in [3.05, 3.63) is 99.6 Å². The molecule has 0 bridgehead atoms. The molecule has 3 rings (SSSR count). The highest BCUT2D eigenvalue weighted by Gasteiger charge is 2.27. The van der Waals surface area contributed by atoms with Gasteiger partial charge in [-0.15, -0.1) is 33.2 Å². The van der Waals surface area contributed by atoms with E-state index in [1.54, 1.807) is 0 Å². The lowest BCUT2D eigenvalue weighted by atomic mass is 9.92. The zero-order chi connectivity index (χ0) is 28.8. The fourth-order valence-electron chi connectivity index (χ4n) is 5.07. The minimum absolute atomic E-state index is 0.815. The first kappa shape index (κ1) is 32.7. The molecular formula is C36H45Cl3Si. The molecule has 40 heavy (non-hydrogen) atoms. The Morgan fingerprint density at radius 3 is 1.48 bits per heavy atom. The summed E-state index contributed by atoms with van der Waals surface area (Å²) in [6, 6.07) is 19.0. The van der Waals surface area contributed by atoms with Gasteiger partial charge in [0.25, 0.3) is 0 Å². The molecule has 3 aromatic carbocycles. The number of halogens is 3. The fourth-order valence-corrected chi connectivity index (χ4v) is 6.75. The van der Waals surface area contributed by atoms with Gasteiger partial charge in [-0.05, 0) is 69.8 Å². The Kier molecular flexibility index (Phi) is 14.1. The summed E-state index contributed by atoms with van der Waals surface area (Å²) in [5, 5.41) is 0.815. The third-order valence-electron chi connectivity index (χ3n) is 7.39. The second-order valence-corrected chi connectivity index (χ2v) is 19.2. The summed E-state index contributed by atoms with van der Waals surface area (Å²) in [6.07, 6.45) is 22.6. The molecule has 0 saturated carbocycles.